The van der Waals surface area contributed by atoms with E-state index in [0.717, 1.165) is 36.2 Å². The Kier molecular flexibility index (Phi) is 4.37. The lowest BCUT2D eigenvalue weighted by molar-refractivity contribution is 0.244. The van der Waals surface area contributed by atoms with E-state index in [-0.39, 0.29) is 0 Å². The quantitative estimate of drug-likeness (QED) is 0.700. The van der Waals surface area contributed by atoms with E-state index in [9.17, 15) is 8.42 Å². The third-order valence-electron chi connectivity index (χ3n) is 5.79. The van der Waals surface area contributed by atoms with Crippen molar-refractivity contribution >= 4 is 26.5 Å². The van der Waals surface area contributed by atoms with Crippen LogP contribution in [0.25, 0.3) is 10.8 Å². The molecule has 5 heteroatoms. The summed E-state index contributed by atoms with van der Waals surface area (Å²) >= 11 is 0. The largest absolute Gasteiger partial charge is 0.298 e. The molecule has 5 rings (SSSR count). The molecule has 0 bridgehead atoms. The molecule has 144 valence electrons. The highest BCUT2D eigenvalue weighted by atomic mass is 32.2. The number of rotatable bonds is 5. The van der Waals surface area contributed by atoms with Crippen LogP contribution in [0.15, 0.2) is 65.6 Å². The second kappa shape index (κ2) is 6.90. The van der Waals surface area contributed by atoms with Crippen LogP contribution in [0.5, 0.6) is 0 Å². The molecule has 1 aliphatic heterocycles. The van der Waals surface area contributed by atoms with Gasteiger partial charge < -0.3 is 0 Å². The van der Waals surface area contributed by atoms with Crippen LogP contribution in [0.2, 0.25) is 0 Å². The highest BCUT2D eigenvalue weighted by Crippen LogP contribution is 2.32. The van der Waals surface area contributed by atoms with Crippen molar-refractivity contribution < 1.29 is 8.42 Å². The molecule has 0 radical (unpaired) electrons. The molecule has 0 atom stereocenters. The van der Waals surface area contributed by atoms with Gasteiger partial charge in [0.1, 0.15) is 0 Å². The maximum Gasteiger partial charge on any atom is 0.261 e. The van der Waals surface area contributed by atoms with Crippen LogP contribution in [-0.4, -0.2) is 26.4 Å². The van der Waals surface area contributed by atoms with Crippen LogP contribution in [0.3, 0.4) is 0 Å². The molecule has 3 aromatic rings. The number of hydrogen-bond donors (Lipinski definition) is 1. The van der Waals surface area contributed by atoms with Crippen molar-refractivity contribution in [2.45, 2.75) is 30.7 Å². The Bertz CT molecular complexity index is 1140. The Morgan fingerprint density at radius 2 is 1.75 bits per heavy atom. The molecule has 28 heavy (non-hydrogen) atoms. The zero-order chi connectivity index (χ0) is 19.1. The van der Waals surface area contributed by atoms with Gasteiger partial charge in [-0.3, -0.25) is 9.62 Å². The molecular weight excluding hydrogens is 368 g/mol. The molecule has 1 aliphatic carbocycles. The monoisotopic (exact) mass is 392 g/mol. The van der Waals surface area contributed by atoms with Crippen LogP contribution >= 0.6 is 0 Å². The number of anilines is 1. The predicted molar refractivity (Wildman–Crippen MR) is 113 cm³/mol. The summed E-state index contributed by atoms with van der Waals surface area (Å²) in [7, 11) is -3.61. The van der Waals surface area contributed by atoms with E-state index in [0.29, 0.717) is 10.6 Å². The van der Waals surface area contributed by atoms with Crippen LogP contribution < -0.4 is 4.72 Å². The van der Waals surface area contributed by atoms with Crippen LogP contribution in [0.4, 0.5) is 5.69 Å². The van der Waals surface area contributed by atoms with E-state index in [1.165, 1.54) is 30.5 Å². The Hall–Kier alpha value is -2.37. The molecule has 0 spiro atoms. The zero-order valence-electron chi connectivity index (χ0n) is 15.8. The van der Waals surface area contributed by atoms with Crippen molar-refractivity contribution in [1.82, 2.24) is 4.90 Å². The summed E-state index contributed by atoms with van der Waals surface area (Å²) in [6.45, 7) is 3.24. The fourth-order valence-corrected chi connectivity index (χ4v) is 5.13. The van der Waals surface area contributed by atoms with E-state index >= 15 is 0 Å². The first-order valence-electron chi connectivity index (χ1n) is 9.93. The van der Waals surface area contributed by atoms with Gasteiger partial charge in [-0.15, -0.1) is 0 Å². The van der Waals surface area contributed by atoms with Gasteiger partial charge in [0, 0.05) is 25.3 Å². The Morgan fingerprint density at radius 3 is 2.57 bits per heavy atom. The van der Waals surface area contributed by atoms with Crippen molar-refractivity contribution in [3.63, 3.8) is 0 Å². The summed E-state index contributed by atoms with van der Waals surface area (Å²) < 4.78 is 28.5. The molecule has 3 aromatic carbocycles. The first-order chi connectivity index (χ1) is 13.6. The number of nitrogens with zero attached hydrogens (tertiary/aromatic N) is 1. The van der Waals surface area contributed by atoms with Crippen LogP contribution in [0.1, 0.15) is 24.0 Å². The highest BCUT2D eigenvalue weighted by molar-refractivity contribution is 7.92. The first-order valence-corrected chi connectivity index (χ1v) is 11.4. The molecule has 1 heterocycles. The van der Waals surface area contributed by atoms with Gasteiger partial charge in [0.05, 0.1) is 4.90 Å². The van der Waals surface area contributed by atoms with Crippen molar-refractivity contribution in [2.24, 2.45) is 5.92 Å². The second-order valence-electron chi connectivity index (χ2n) is 8.03. The lowest BCUT2D eigenvalue weighted by Gasteiger charge is -2.29. The molecule has 0 aromatic heterocycles. The molecule has 1 saturated carbocycles. The van der Waals surface area contributed by atoms with Crippen molar-refractivity contribution in [3.8, 4) is 0 Å². The van der Waals surface area contributed by atoms with Gasteiger partial charge in [0.2, 0.25) is 0 Å². The first kappa shape index (κ1) is 17.7. The van der Waals surface area contributed by atoms with Crippen LogP contribution in [-0.2, 0) is 23.0 Å². The van der Waals surface area contributed by atoms with E-state index in [1.54, 1.807) is 12.1 Å². The van der Waals surface area contributed by atoms with E-state index in [1.807, 2.05) is 42.5 Å². The lowest BCUT2D eigenvalue weighted by Crippen LogP contribution is -2.32. The second-order valence-corrected chi connectivity index (χ2v) is 9.71. The normalized spacial score (nSPS) is 17.4. The highest BCUT2D eigenvalue weighted by Gasteiger charge is 2.26. The average molecular weight is 393 g/mol. The number of hydrogen-bond acceptors (Lipinski definition) is 3. The Morgan fingerprint density at radius 1 is 0.929 bits per heavy atom. The molecule has 1 fully saturated rings. The topological polar surface area (TPSA) is 49.4 Å². The molecule has 1 N–H and O–H groups in total. The molecule has 2 aliphatic rings. The van der Waals surface area contributed by atoms with Crippen molar-refractivity contribution in [3.05, 3.63) is 71.8 Å². The molecule has 0 amide bonds. The minimum Gasteiger partial charge on any atom is -0.298 e. The smallest absolute Gasteiger partial charge is 0.261 e. The van der Waals surface area contributed by atoms with Gasteiger partial charge in [-0.1, -0.05) is 36.4 Å². The van der Waals surface area contributed by atoms with Gasteiger partial charge in [-0.2, -0.15) is 0 Å². The molecule has 0 unspecified atom stereocenters. The fraction of sp³-hybridized carbons (Fsp3) is 0.304. The Balaban J connectivity index is 1.36. The van der Waals surface area contributed by atoms with Gasteiger partial charge in [-0.05, 0) is 71.3 Å². The molecule has 0 saturated heterocycles. The summed E-state index contributed by atoms with van der Waals surface area (Å²) in [5.74, 6) is 0.898. The number of nitrogens with one attached hydrogen (secondary N) is 1. The predicted octanol–water partition coefficient (Wildman–Crippen LogP) is 4.41. The van der Waals surface area contributed by atoms with Gasteiger partial charge in [0.15, 0.2) is 0 Å². The summed E-state index contributed by atoms with van der Waals surface area (Å²) in [5, 5.41) is 1.96. The maximum atomic E-state index is 12.9. The Labute approximate surface area is 166 Å². The number of sulfonamides is 1. The third kappa shape index (κ3) is 3.64. The summed E-state index contributed by atoms with van der Waals surface area (Å²) in [4.78, 5) is 2.82. The van der Waals surface area contributed by atoms with E-state index < -0.39 is 10.0 Å². The number of benzene rings is 3. The van der Waals surface area contributed by atoms with Crippen molar-refractivity contribution in [2.75, 3.05) is 17.8 Å². The minimum absolute atomic E-state index is 0.291. The third-order valence-corrected chi connectivity index (χ3v) is 7.17. The van der Waals surface area contributed by atoms with E-state index in [4.69, 9.17) is 0 Å². The summed E-state index contributed by atoms with van der Waals surface area (Å²) in [6.07, 6.45) is 3.73. The summed E-state index contributed by atoms with van der Waals surface area (Å²) in [5.41, 5.74) is 3.22. The van der Waals surface area contributed by atoms with Gasteiger partial charge >= 0.3 is 0 Å². The zero-order valence-corrected chi connectivity index (χ0v) is 16.6. The van der Waals surface area contributed by atoms with Gasteiger partial charge in [0.25, 0.3) is 10.0 Å². The van der Waals surface area contributed by atoms with Crippen LogP contribution in [0, 0.1) is 5.92 Å². The average Bonchev–Trinajstić information content (AvgIpc) is 3.51. The fourth-order valence-electron chi connectivity index (χ4n) is 4.04. The summed E-state index contributed by atoms with van der Waals surface area (Å²) in [6, 6.07) is 19.0. The lowest BCUT2D eigenvalue weighted by atomic mass is 9.99. The molecule has 4 nitrogen and oxygen atoms in total. The maximum absolute atomic E-state index is 12.9. The minimum atomic E-state index is -3.61. The van der Waals surface area contributed by atoms with Gasteiger partial charge in [-0.25, -0.2) is 8.42 Å². The number of fused-ring (bicyclic) bond motifs is 2. The SMILES string of the molecule is O=S(=O)(Nc1ccc2c(c1)CCN(CC1CC1)C2)c1ccc2ccccc2c1. The van der Waals surface area contributed by atoms with E-state index in [2.05, 4.69) is 15.7 Å². The molecular formula is C23H24N2O2S. The van der Waals surface area contributed by atoms with Crippen molar-refractivity contribution in [1.29, 1.82) is 0 Å². The standard InChI is InChI=1S/C23H24N2O2S/c26-28(27,23-10-8-18-3-1-2-4-19(18)14-23)24-22-9-7-21-16-25(15-17-5-6-17)12-11-20(21)13-22/h1-4,7-10,13-14,17,24H,5-6,11-12,15-16H2.